The molecular weight excluding hydrogens is 222 g/mol. The van der Waals surface area contributed by atoms with E-state index in [1.54, 1.807) is 0 Å². The highest BCUT2D eigenvalue weighted by Crippen LogP contribution is 2.30. The lowest BCUT2D eigenvalue weighted by molar-refractivity contribution is -0.132. The highest BCUT2D eigenvalue weighted by molar-refractivity contribution is 5.84. The first-order valence-electron chi connectivity index (χ1n) is 7.07. The summed E-state index contributed by atoms with van der Waals surface area (Å²) in [5, 5.41) is 0. The summed E-state index contributed by atoms with van der Waals surface area (Å²) < 4.78 is 0. The van der Waals surface area contributed by atoms with Crippen LogP contribution in [0.2, 0.25) is 0 Å². The van der Waals surface area contributed by atoms with Gasteiger partial charge in [0.1, 0.15) is 0 Å². The van der Waals surface area contributed by atoms with E-state index >= 15 is 0 Å². The summed E-state index contributed by atoms with van der Waals surface area (Å²) in [5.41, 5.74) is 1.17. The Morgan fingerprint density at radius 1 is 1.22 bits per heavy atom. The SMILES string of the molecule is CCC(C)C(C(=O)N1CCCC1)c1ccccc1. The monoisotopic (exact) mass is 245 g/mol. The molecule has 0 bridgehead atoms. The van der Waals surface area contributed by atoms with Gasteiger partial charge in [0.2, 0.25) is 5.91 Å². The predicted octanol–water partition coefficient (Wildman–Crippen LogP) is 3.44. The van der Waals surface area contributed by atoms with Crippen molar-refractivity contribution in [1.29, 1.82) is 0 Å². The van der Waals surface area contributed by atoms with E-state index in [4.69, 9.17) is 0 Å². The van der Waals surface area contributed by atoms with Crippen LogP contribution in [0, 0.1) is 5.92 Å². The maximum Gasteiger partial charge on any atom is 0.230 e. The quantitative estimate of drug-likeness (QED) is 0.795. The molecule has 2 atom stereocenters. The van der Waals surface area contributed by atoms with Crippen LogP contribution in [0.1, 0.15) is 44.6 Å². The second-order valence-corrected chi connectivity index (χ2v) is 5.31. The molecular formula is C16H23NO. The number of benzene rings is 1. The molecule has 1 aliphatic rings. The molecule has 0 N–H and O–H groups in total. The zero-order valence-electron chi connectivity index (χ0n) is 11.4. The summed E-state index contributed by atoms with van der Waals surface area (Å²) in [5.74, 6) is 0.767. The molecule has 1 aliphatic heterocycles. The fourth-order valence-electron chi connectivity index (χ4n) is 2.74. The Labute approximate surface area is 110 Å². The third-order valence-electron chi connectivity index (χ3n) is 4.06. The first-order valence-corrected chi connectivity index (χ1v) is 7.07. The second-order valence-electron chi connectivity index (χ2n) is 5.31. The molecule has 1 saturated heterocycles. The van der Waals surface area contributed by atoms with Crippen LogP contribution >= 0.6 is 0 Å². The Kier molecular flexibility index (Phi) is 4.40. The van der Waals surface area contributed by atoms with E-state index in [0.29, 0.717) is 11.8 Å². The van der Waals surface area contributed by atoms with E-state index in [1.165, 1.54) is 5.56 Å². The minimum atomic E-state index is 0.0364. The molecule has 0 saturated carbocycles. The van der Waals surface area contributed by atoms with Crippen molar-refractivity contribution >= 4 is 5.91 Å². The molecule has 18 heavy (non-hydrogen) atoms. The highest BCUT2D eigenvalue weighted by atomic mass is 16.2. The van der Waals surface area contributed by atoms with Crippen molar-refractivity contribution < 1.29 is 4.79 Å². The topological polar surface area (TPSA) is 20.3 Å². The van der Waals surface area contributed by atoms with Gasteiger partial charge in [-0.25, -0.2) is 0 Å². The molecule has 98 valence electrons. The first kappa shape index (κ1) is 13.1. The van der Waals surface area contributed by atoms with Crippen molar-refractivity contribution in [2.75, 3.05) is 13.1 Å². The molecule has 1 heterocycles. The van der Waals surface area contributed by atoms with Crippen LogP contribution in [-0.4, -0.2) is 23.9 Å². The van der Waals surface area contributed by atoms with Gasteiger partial charge in [0, 0.05) is 13.1 Å². The smallest absolute Gasteiger partial charge is 0.230 e. The van der Waals surface area contributed by atoms with Gasteiger partial charge in [-0.05, 0) is 24.3 Å². The molecule has 0 aromatic heterocycles. The van der Waals surface area contributed by atoms with Crippen LogP contribution < -0.4 is 0 Å². The number of rotatable bonds is 4. The Morgan fingerprint density at radius 3 is 2.39 bits per heavy atom. The Hall–Kier alpha value is -1.31. The Morgan fingerprint density at radius 2 is 1.83 bits per heavy atom. The lowest BCUT2D eigenvalue weighted by Crippen LogP contribution is -2.35. The highest BCUT2D eigenvalue weighted by Gasteiger charge is 2.30. The molecule has 1 aromatic carbocycles. The van der Waals surface area contributed by atoms with E-state index in [1.807, 2.05) is 23.1 Å². The predicted molar refractivity (Wildman–Crippen MR) is 74.5 cm³/mol. The molecule has 0 radical (unpaired) electrons. The van der Waals surface area contributed by atoms with Crippen molar-refractivity contribution in [2.45, 2.75) is 39.0 Å². The van der Waals surface area contributed by atoms with Crippen LogP contribution in [0.5, 0.6) is 0 Å². The van der Waals surface area contributed by atoms with Gasteiger partial charge in [-0.1, -0.05) is 50.6 Å². The van der Waals surface area contributed by atoms with Crippen LogP contribution in [0.25, 0.3) is 0 Å². The molecule has 2 heteroatoms. The fraction of sp³-hybridized carbons (Fsp3) is 0.562. The maximum atomic E-state index is 12.7. The van der Waals surface area contributed by atoms with Gasteiger partial charge in [0.15, 0.2) is 0 Å². The lowest BCUT2D eigenvalue weighted by Gasteiger charge is -2.27. The van der Waals surface area contributed by atoms with Gasteiger partial charge >= 0.3 is 0 Å². The van der Waals surface area contributed by atoms with Gasteiger partial charge in [0.25, 0.3) is 0 Å². The number of carbonyl (C=O) groups excluding carboxylic acids is 1. The van der Waals surface area contributed by atoms with Crippen molar-refractivity contribution in [3.63, 3.8) is 0 Å². The molecule has 0 aliphatic carbocycles. The molecule has 1 aromatic rings. The van der Waals surface area contributed by atoms with Gasteiger partial charge < -0.3 is 4.90 Å². The van der Waals surface area contributed by atoms with E-state index in [-0.39, 0.29) is 5.92 Å². The summed E-state index contributed by atoms with van der Waals surface area (Å²) in [6.45, 7) is 6.24. The number of amides is 1. The zero-order chi connectivity index (χ0) is 13.0. The van der Waals surface area contributed by atoms with Crippen molar-refractivity contribution in [3.8, 4) is 0 Å². The first-order chi connectivity index (χ1) is 8.74. The number of carbonyl (C=O) groups is 1. The largest absolute Gasteiger partial charge is 0.342 e. The molecule has 0 spiro atoms. The third kappa shape index (κ3) is 2.74. The number of likely N-dealkylation sites (tertiary alicyclic amines) is 1. The van der Waals surface area contributed by atoms with E-state index in [9.17, 15) is 4.79 Å². The molecule has 1 amide bonds. The number of hydrogen-bond donors (Lipinski definition) is 0. The third-order valence-corrected chi connectivity index (χ3v) is 4.06. The summed E-state index contributed by atoms with van der Waals surface area (Å²) >= 11 is 0. The van der Waals surface area contributed by atoms with Crippen LogP contribution in [0.3, 0.4) is 0 Å². The molecule has 1 fully saturated rings. The summed E-state index contributed by atoms with van der Waals surface area (Å²) in [4.78, 5) is 14.7. The molecule has 2 nitrogen and oxygen atoms in total. The van der Waals surface area contributed by atoms with E-state index in [0.717, 1.165) is 32.4 Å². The normalized spacial score (nSPS) is 18.7. The summed E-state index contributed by atoms with van der Waals surface area (Å²) in [6, 6.07) is 10.2. The van der Waals surface area contributed by atoms with Crippen molar-refractivity contribution in [2.24, 2.45) is 5.92 Å². The van der Waals surface area contributed by atoms with Gasteiger partial charge in [0.05, 0.1) is 5.92 Å². The number of hydrogen-bond acceptors (Lipinski definition) is 1. The standard InChI is InChI=1S/C16H23NO/c1-3-13(2)15(14-9-5-4-6-10-14)16(18)17-11-7-8-12-17/h4-6,9-10,13,15H,3,7-8,11-12H2,1-2H3. The number of nitrogens with zero attached hydrogens (tertiary/aromatic N) is 1. The Balaban J connectivity index is 2.22. The second kappa shape index (κ2) is 6.03. The molecule has 2 rings (SSSR count). The minimum Gasteiger partial charge on any atom is -0.342 e. The summed E-state index contributed by atoms with van der Waals surface area (Å²) in [7, 11) is 0. The average molecular weight is 245 g/mol. The average Bonchev–Trinajstić information content (AvgIpc) is 2.94. The van der Waals surface area contributed by atoms with Gasteiger partial charge in [-0.15, -0.1) is 0 Å². The van der Waals surface area contributed by atoms with Crippen molar-refractivity contribution in [3.05, 3.63) is 35.9 Å². The molecule has 2 unspecified atom stereocenters. The van der Waals surface area contributed by atoms with Crippen LogP contribution in [0.4, 0.5) is 0 Å². The summed E-state index contributed by atoms with van der Waals surface area (Å²) in [6.07, 6.45) is 3.36. The lowest BCUT2D eigenvalue weighted by atomic mass is 9.84. The van der Waals surface area contributed by atoms with E-state index < -0.39 is 0 Å². The van der Waals surface area contributed by atoms with E-state index in [2.05, 4.69) is 26.0 Å². The minimum absolute atomic E-state index is 0.0364. The van der Waals surface area contributed by atoms with Crippen molar-refractivity contribution in [1.82, 2.24) is 4.90 Å². The van der Waals surface area contributed by atoms with Gasteiger partial charge in [-0.2, -0.15) is 0 Å². The maximum absolute atomic E-state index is 12.7. The van der Waals surface area contributed by atoms with Crippen LogP contribution in [-0.2, 0) is 4.79 Å². The fourth-order valence-corrected chi connectivity index (χ4v) is 2.74. The zero-order valence-corrected chi connectivity index (χ0v) is 11.4. The van der Waals surface area contributed by atoms with Gasteiger partial charge in [-0.3, -0.25) is 4.79 Å². The van der Waals surface area contributed by atoms with Crippen LogP contribution in [0.15, 0.2) is 30.3 Å². The Bertz CT molecular complexity index is 381.